The smallest absolute Gasteiger partial charge is 0.295 e. The Morgan fingerprint density at radius 2 is 1.83 bits per heavy atom. The topological polar surface area (TPSA) is 76.1 Å². The monoisotopic (exact) mass is 409 g/mol. The number of hydrogen-bond acceptors (Lipinski definition) is 5. The van der Waals surface area contributed by atoms with Crippen LogP contribution in [-0.4, -0.2) is 42.0 Å². The third kappa shape index (κ3) is 3.77. The van der Waals surface area contributed by atoms with Crippen LogP contribution >= 0.6 is 0 Å². The number of carbonyl (C=O) groups is 2. The van der Waals surface area contributed by atoms with E-state index in [1.54, 1.807) is 31.4 Å². The summed E-state index contributed by atoms with van der Waals surface area (Å²) in [7, 11) is 1.54. The number of rotatable bonds is 7. The molecule has 0 spiro atoms. The molecule has 1 aliphatic rings. The molecule has 6 heteroatoms. The van der Waals surface area contributed by atoms with Crippen molar-refractivity contribution in [3.05, 3.63) is 64.7 Å². The molecule has 1 unspecified atom stereocenters. The number of benzene rings is 2. The van der Waals surface area contributed by atoms with Crippen molar-refractivity contribution < 1.29 is 24.2 Å². The molecule has 1 fully saturated rings. The first-order valence-electron chi connectivity index (χ1n) is 10.1. The summed E-state index contributed by atoms with van der Waals surface area (Å²) in [6.07, 6.45) is 0.681. The fraction of sp³-hybridized carbons (Fsp3) is 0.333. The van der Waals surface area contributed by atoms with Gasteiger partial charge in [-0.05, 0) is 50.1 Å². The molecule has 2 aromatic carbocycles. The highest BCUT2D eigenvalue weighted by Crippen LogP contribution is 2.42. The molecule has 0 aromatic heterocycles. The average Bonchev–Trinajstić information content (AvgIpc) is 3.00. The van der Waals surface area contributed by atoms with Crippen molar-refractivity contribution >= 4 is 17.4 Å². The third-order valence-electron chi connectivity index (χ3n) is 5.19. The van der Waals surface area contributed by atoms with E-state index < -0.39 is 17.7 Å². The number of Topliss-reactive ketones (excluding diaryl/α,β-unsaturated/α-hetero) is 1. The summed E-state index contributed by atoms with van der Waals surface area (Å²) in [5, 5.41) is 11.1. The second-order valence-corrected chi connectivity index (χ2v) is 7.15. The Morgan fingerprint density at radius 3 is 2.47 bits per heavy atom. The molecule has 30 heavy (non-hydrogen) atoms. The predicted octanol–water partition coefficient (Wildman–Crippen LogP) is 4.23. The van der Waals surface area contributed by atoms with Gasteiger partial charge in [0.05, 0.1) is 25.3 Å². The highest BCUT2D eigenvalue weighted by Gasteiger charge is 2.46. The molecule has 1 atom stereocenters. The molecule has 2 aromatic rings. The summed E-state index contributed by atoms with van der Waals surface area (Å²) in [6, 6.07) is 11.7. The molecule has 3 rings (SSSR count). The number of aryl methyl sites for hydroxylation is 1. The number of likely N-dealkylation sites (tertiary alicyclic amines) is 1. The number of ether oxygens (including phenoxy) is 2. The van der Waals surface area contributed by atoms with Crippen LogP contribution < -0.4 is 9.47 Å². The Kier molecular flexibility index (Phi) is 6.45. The second kappa shape index (κ2) is 9.03. The van der Waals surface area contributed by atoms with E-state index in [2.05, 4.69) is 0 Å². The van der Waals surface area contributed by atoms with Gasteiger partial charge in [0, 0.05) is 17.7 Å². The van der Waals surface area contributed by atoms with E-state index in [0.717, 1.165) is 5.56 Å². The van der Waals surface area contributed by atoms with E-state index in [0.29, 0.717) is 42.2 Å². The van der Waals surface area contributed by atoms with E-state index >= 15 is 0 Å². The number of methoxy groups -OCH3 is 1. The SMILES string of the molecule is CCCN1C(=O)C(=O)/C(=C(/O)c2ccc(OCC)c(C)c2)C1c1ccccc1OC. The number of para-hydroxylation sites is 1. The summed E-state index contributed by atoms with van der Waals surface area (Å²) in [6.45, 7) is 6.63. The highest BCUT2D eigenvalue weighted by atomic mass is 16.5. The van der Waals surface area contributed by atoms with Crippen molar-refractivity contribution in [1.29, 1.82) is 0 Å². The van der Waals surface area contributed by atoms with Crippen LogP contribution in [0.25, 0.3) is 5.76 Å². The molecule has 1 heterocycles. The normalized spacial score (nSPS) is 18.0. The molecular formula is C24H27NO5. The van der Waals surface area contributed by atoms with Crippen molar-refractivity contribution in [3.8, 4) is 11.5 Å². The average molecular weight is 409 g/mol. The molecule has 6 nitrogen and oxygen atoms in total. The minimum absolute atomic E-state index is 0.0708. The van der Waals surface area contributed by atoms with E-state index in [1.807, 2.05) is 39.0 Å². The lowest BCUT2D eigenvalue weighted by atomic mass is 9.94. The lowest BCUT2D eigenvalue weighted by Crippen LogP contribution is -2.30. The predicted molar refractivity (Wildman–Crippen MR) is 115 cm³/mol. The number of carbonyl (C=O) groups excluding carboxylic acids is 2. The maximum atomic E-state index is 13.0. The molecule has 0 saturated carbocycles. The largest absolute Gasteiger partial charge is 0.507 e. The molecule has 0 radical (unpaired) electrons. The lowest BCUT2D eigenvalue weighted by molar-refractivity contribution is -0.139. The van der Waals surface area contributed by atoms with E-state index in [1.165, 1.54) is 4.90 Å². The quantitative estimate of drug-likeness (QED) is 0.421. The number of ketones is 1. The van der Waals surface area contributed by atoms with E-state index in [9.17, 15) is 14.7 Å². The number of hydrogen-bond donors (Lipinski definition) is 1. The summed E-state index contributed by atoms with van der Waals surface area (Å²) in [5.41, 5.74) is 2.03. The molecular weight excluding hydrogens is 382 g/mol. The van der Waals surface area contributed by atoms with Crippen molar-refractivity contribution in [1.82, 2.24) is 4.90 Å². The van der Waals surface area contributed by atoms with Gasteiger partial charge in [-0.2, -0.15) is 0 Å². The third-order valence-corrected chi connectivity index (χ3v) is 5.19. The van der Waals surface area contributed by atoms with Crippen LogP contribution in [0.5, 0.6) is 11.5 Å². The first kappa shape index (κ1) is 21.4. The summed E-state index contributed by atoms with van der Waals surface area (Å²) < 4.78 is 11.0. The van der Waals surface area contributed by atoms with Crippen LogP contribution in [0.1, 0.15) is 43.0 Å². The van der Waals surface area contributed by atoms with Gasteiger partial charge in [0.2, 0.25) is 0 Å². The minimum atomic E-state index is -0.715. The van der Waals surface area contributed by atoms with Crippen LogP contribution in [-0.2, 0) is 9.59 Å². The minimum Gasteiger partial charge on any atom is -0.507 e. The molecule has 1 aliphatic heterocycles. The standard InChI is InChI=1S/C24H27NO5/c1-5-13-25-21(17-9-7-8-10-19(17)29-4)20(23(27)24(25)28)22(26)16-11-12-18(30-6-2)15(3)14-16/h7-12,14,21,26H,5-6,13H2,1-4H3/b22-20+. The van der Waals surface area contributed by atoms with Crippen LogP contribution in [0.15, 0.2) is 48.0 Å². The first-order valence-corrected chi connectivity index (χ1v) is 10.1. The van der Waals surface area contributed by atoms with Crippen LogP contribution in [0.2, 0.25) is 0 Å². The van der Waals surface area contributed by atoms with E-state index in [4.69, 9.17) is 9.47 Å². The van der Waals surface area contributed by atoms with Gasteiger partial charge in [-0.3, -0.25) is 9.59 Å². The van der Waals surface area contributed by atoms with Crippen LogP contribution in [0.4, 0.5) is 0 Å². The Hall–Kier alpha value is -3.28. The van der Waals surface area contributed by atoms with E-state index in [-0.39, 0.29) is 11.3 Å². The van der Waals surface area contributed by atoms with Gasteiger partial charge in [0.15, 0.2) is 0 Å². The number of aliphatic hydroxyl groups is 1. The second-order valence-electron chi connectivity index (χ2n) is 7.15. The van der Waals surface area contributed by atoms with Gasteiger partial charge in [-0.1, -0.05) is 25.1 Å². The number of aliphatic hydroxyl groups excluding tert-OH is 1. The zero-order valence-corrected chi connectivity index (χ0v) is 17.8. The first-order chi connectivity index (χ1) is 14.4. The van der Waals surface area contributed by atoms with Gasteiger partial charge in [0.1, 0.15) is 17.3 Å². The van der Waals surface area contributed by atoms with Crippen molar-refractivity contribution in [2.75, 3.05) is 20.3 Å². The zero-order valence-electron chi connectivity index (χ0n) is 17.8. The number of nitrogens with zero attached hydrogens (tertiary/aromatic N) is 1. The molecule has 158 valence electrons. The summed E-state index contributed by atoms with van der Waals surface area (Å²) >= 11 is 0. The van der Waals surface area contributed by atoms with Crippen LogP contribution in [0, 0.1) is 6.92 Å². The Bertz CT molecular complexity index is 995. The maximum absolute atomic E-state index is 13.0. The fourth-order valence-electron chi connectivity index (χ4n) is 3.84. The molecule has 1 saturated heterocycles. The Morgan fingerprint density at radius 1 is 1.10 bits per heavy atom. The fourth-order valence-corrected chi connectivity index (χ4v) is 3.84. The van der Waals surface area contributed by atoms with Crippen molar-refractivity contribution in [2.24, 2.45) is 0 Å². The zero-order chi connectivity index (χ0) is 21.8. The molecule has 1 amide bonds. The van der Waals surface area contributed by atoms with Gasteiger partial charge < -0.3 is 19.5 Å². The van der Waals surface area contributed by atoms with Gasteiger partial charge in [-0.25, -0.2) is 0 Å². The number of amides is 1. The van der Waals surface area contributed by atoms with Crippen molar-refractivity contribution in [2.45, 2.75) is 33.2 Å². The van der Waals surface area contributed by atoms with Crippen LogP contribution in [0.3, 0.4) is 0 Å². The lowest BCUT2D eigenvalue weighted by Gasteiger charge is -2.26. The summed E-state index contributed by atoms with van der Waals surface area (Å²) in [4.78, 5) is 27.3. The van der Waals surface area contributed by atoms with Crippen molar-refractivity contribution in [3.63, 3.8) is 0 Å². The Balaban J connectivity index is 2.19. The van der Waals surface area contributed by atoms with Gasteiger partial charge in [-0.15, -0.1) is 0 Å². The summed E-state index contributed by atoms with van der Waals surface area (Å²) in [5.74, 6) is -0.240. The van der Waals surface area contributed by atoms with Gasteiger partial charge >= 0.3 is 0 Å². The molecule has 0 bridgehead atoms. The highest BCUT2D eigenvalue weighted by molar-refractivity contribution is 6.46. The van der Waals surface area contributed by atoms with Gasteiger partial charge in [0.25, 0.3) is 11.7 Å². The molecule has 0 aliphatic carbocycles. The maximum Gasteiger partial charge on any atom is 0.295 e. The Labute approximate surface area is 176 Å². The molecule has 1 N–H and O–H groups in total.